The minimum absolute atomic E-state index is 0.461. The van der Waals surface area contributed by atoms with Crippen molar-refractivity contribution in [3.8, 4) is 22.9 Å². The van der Waals surface area contributed by atoms with Gasteiger partial charge in [0.25, 0.3) is 6.33 Å². The zero-order valence-electron chi connectivity index (χ0n) is 18.9. The molecule has 158 valence electrons. The summed E-state index contributed by atoms with van der Waals surface area (Å²) >= 11 is 0. The van der Waals surface area contributed by atoms with Crippen LogP contribution in [-0.4, -0.2) is 4.57 Å². The van der Waals surface area contributed by atoms with Crippen LogP contribution in [0.25, 0.3) is 33.2 Å². The molecule has 0 N–H and O–H groups in total. The van der Waals surface area contributed by atoms with E-state index in [1.54, 1.807) is 0 Å². The largest absolute Gasteiger partial charge is 0.465 e. The summed E-state index contributed by atoms with van der Waals surface area (Å²) in [6, 6.07) is 25.9. The summed E-state index contributed by atoms with van der Waals surface area (Å²) in [7, 11) is 0. The van der Waals surface area contributed by atoms with Crippen molar-refractivity contribution in [3.05, 3.63) is 90.3 Å². The molecule has 1 aliphatic heterocycles. The summed E-state index contributed by atoms with van der Waals surface area (Å²) in [5.74, 6) is 2.65. The molecular weight excluding hydrogens is 392 g/mol. The van der Waals surface area contributed by atoms with Crippen LogP contribution in [-0.2, 0) is 0 Å². The highest BCUT2D eigenvalue weighted by Gasteiger charge is 2.24. The van der Waals surface area contributed by atoms with E-state index in [9.17, 15) is 0 Å². The van der Waals surface area contributed by atoms with Crippen molar-refractivity contribution < 1.29 is 9.30 Å². The summed E-state index contributed by atoms with van der Waals surface area (Å²) in [6.07, 6.45) is 3.65. The normalized spacial score (nSPS) is 12.6. The smallest absolute Gasteiger partial charge is 0.270 e. The van der Waals surface area contributed by atoms with Crippen molar-refractivity contribution in [1.29, 1.82) is 0 Å². The second-order valence-electron chi connectivity index (χ2n) is 9.33. The fourth-order valence-corrected chi connectivity index (χ4v) is 4.61. The molecule has 0 unspecified atom stereocenters. The lowest BCUT2D eigenvalue weighted by molar-refractivity contribution is -0.575. The van der Waals surface area contributed by atoms with Crippen LogP contribution in [0, 0.1) is 6.33 Å². The zero-order chi connectivity index (χ0) is 22.0. The van der Waals surface area contributed by atoms with E-state index >= 15 is 0 Å². The molecule has 0 fully saturated rings. The first-order valence-corrected chi connectivity index (χ1v) is 11.3. The number of hydrogen-bond donors (Lipinski definition) is 0. The Morgan fingerprint density at radius 2 is 1.44 bits per heavy atom. The topological polar surface area (TPSA) is 18.0 Å². The third kappa shape index (κ3) is 2.85. The number of rotatable bonds is 3. The van der Waals surface area contributed by atoms with E-state index in [4.69, 9.17) is 4.74 Å². The summed E-state index contributed by atoms with van der Waals surface area (Å²) in [5, 5.41) is 2.37. The van der Waals surface area contributed by atoms with E-state index in [0.29, 0.717) is 11.8 Å². The Morgan fingerprint density at radius 1 is 0.750 bits per heavy atom. The maximum atomic E-state index is 6.38. The van der Waals surface area contributed by atoms with Gasteiger partial charge in [0.2, 0.25) is 0 Å². The fraction of sp³-hybridized carbons (Fsp3) is 0.207. The molecule has 0 amide bonds. The molecule has 0 saturated carbocycles. The molecule has 1 aromatic heterocycles. The Hall–Kier alpha value is -3.59. The van der Waals surface area contributed by atoms with Crippen LogP contribution in [0.1, 0.15) is 50.7 Å². The maximum Gasteiger partial charge on any atom is 0.270 e. The maximum absolute atomic E-state index is 6.38. The first-order valence-electron chi connectivity index (χ1n) is 11.3. The Labute approximate surface area is 188 Å². The highest BCUT2D eigenvalue weighted by atomic mass is 16.5. The molecule has 5 aromatic rings. The van der Waals surface area contributed by atoms with E-state index in [1.807, 2.05) is 6.07 Å². The zero-order valence-corrected chi connectivity index (χ0v) is 18.9. The van der Waals surface area contributed by atoms with Crippen molar-refractivity contribution in [3.63, 3.8) is 0 Å². The van der Waals surface area contributed by atoms with Crippen molar-refractivity contribution in [2.75, 3.05) is 0 Å². The third-order valence-corrected chi connectivity index (χ3v) is 6.48. The minimum atomic E-state index is 0.461. The van der Waals surface area contributed by atoms with Crippen LogP contribution in [0.3, 0.4) is 0 Å². The van der Waals surface area contributed by atoms with Crippen molar-refractivity contribution in [1.82, 2.24) is 4.57 Å². The number of para-hydroxylation sites is 1. The molecule has 0 radical (unpaired) electrons. The van der Waals surface area contributed by atoms with Gasteiger partial charge in [0.15, 0.2) is 0 Å². The monoisotopic (exact) mass is 418 g/mol. The molecule has 0 aliphatic carbocycles. The SMILES string of the molecule is CC(C)c1cc(C(C)C)cc(-n2[c-][n+]3c4c(cccc42)Oc2cc4ccccc4cc2-3)c1. The fourth-order valence-electron chi connectivity index (χ4n) is 4.61. The third-order valence-electron chi connectivity index (χ3n) is 6.48. The summed E-state index contributed by atoms with van der Waals surface area (Å²) in [5.41, 5.74) is 7.01. The molecular formula is C29H26N2O. The molecule has 32 heavy (non-hydrogen) atoms. The average Bonchev–Trinajstić information content (AvgIpc) is 3.19. The van der Waals surface area contributed by atoms with E-state index in [1.165, 1.54) is 21.9 Å². The Balaban J connectivity index is 1.64. The van der Waals surface area contributed by atoms with Gasteiger partial charge in [0.05, 0.1) is 11.2 Å². The number of aromatic nitrogens is 2. The first-order chi connectivity index (χ1) is 15.5. The number of hydrogen-bond acceptors (Lipinski definition) is 1. The number of fused-ring (bicyclic) bond motifs is 3. The average molecular weight is 419 g/mol. The van der Waals surface area contributed by atoms with E-state index in [-0.39, 0.29) is 0 Å². The van der Waals surface area contributed by atoms with Crippen molar-refractivity contribution in [2.45, 2.75) is 39.5 Å². The highest BCUT2D eigenvalue weighted by Crippen LogP contribution is 2.39. The molecule has 0 bridgehead atoms. The van der Waals surface area contributed by atoms with E-state index in [2.05, 4.69) is 110 Å². The number of benzene rings is 4. The van der Waals surface area contributed by atoms with Gasteiger partial charge in [0.1, 0.15) is 22.7 Å². The Kier molecular flexibility index (Phi) is 4.16. The molecule has 0 saturated heterocycles. The van der Waals surface area contributed by atoms with E-state index < -0.39 is 0 Å². The number of imidazole rings is 1. The van der Waals surface area contributed by atoms with Gasteiger partial charge in [-0.1, -0.05) is 70.2 Å². The van der Waals surface area contributed by atoms with Gasteiger partial charge in [-0.25, -0.2) is 0 Å². The predicted octanol–water partition coefficient (Wildman–Crippen LogP) is 7.21. The van der Waals surface area contributed by atoms with Crippen LogP contribution in [0.4, 0.5) is 0 Å². The molecule has 3 heteroatoms. The lowest BCUT2D eigenvalue weighted by Gasteiger charge is -2.20. The summed E-state index contributed by atoms with van der Waals surface area (Å²) < 4.78 is 10.7. The highest BCUT2D eigenvalue weighted by molar-refractivity contribution is 5.88. The van der Waals surface area contributed by atoms with Crippen LogP contribution in [0.15, 0.2) is 72.8 Å². The molecule has 1 aliphatic rings. The van der Waals surface area contributed by atoms with Gasteiger partial charge in [-0.15, -0.1) is 0 Å². The molecule has 6 rings (SSSR count). The van der Waals surface area contributed by atoms with Gasteiger partial charge >= 0.3 is 0 Å². The van der Waals surface area contributed by atoms with Gasteiger partial charge in [-0.05, 0) is 64.1 Å². The second kappa shape index (κ2) is 6.96. The summed E-state index contributed by atoms with van der Waals surface area (Å²) in [4.78, 5) is 0. The summed E-state index contributed by atoms with van der Waals surface area (Å²) in [6.45, 7) is 9.01. The Bertz CT molecular complexity index is 1480. The lowest BCUT2D eigenvalue weighted by atomic mass is 9.95. The number of nitrogens with zero attached hydrogens (tertiary/aromatic N) is 2. The molecule has 2 heterocycles. The lowest BCUT2D eigenvalue weighted by Crippen LogP contribution is -2.32. The van der Waals surface area contributed by atoms with Gasteiger partial charge in [-0.2, -0.15) is 0 Å². The van der Waals surface area contributed by atoms with Crippen LogP contribution in [0.2, 0.25) is 0 Å². The van der Waals surface area contributed by atoms with Gasteiger partial charge in [-0.3, -0.25) is 9.13 Å². The number of ether oxygens (including phenoxy) is 1. The first kappa shape index (κ1) is 19.1. The van der Waals surface area contributed by atoms with Crippen LogP contribution >= 0.6 is 0 Å². The van der Waals surface area contributed by atoms with Crippen molar-refractivity contribution in [2.24, 2.45) is 0 Å². The van der Waals surface area contributed by atoms with E-state index in [0.717, 1.165) is 33.9 Å². The Morgan fingerprint density at radius 3 is 2.12 bits per heavy atom. The second-order valence-corrected chi connectivity index (χ2v) is 9.33. The standard InChI is InChI=1S/C29H26N2O/c1-18(2)22-12-23(19(3)4)14-24(13-22)30-17-31-26-15-20-8-5-6-9-21(20)16-28(26)32-27-11-7-10-25(30)29(27)31/h5-16,18-19H,1-4H3. The van der Waals surface area contributed by atoms with Gasteiger partial charge < -0.3 is 4.74 Å². The quantitative estimate of drug-likeness (QED) is 0.219. The van der Waals surface area contributed by atoms with Crippen molar-refractivity contribution >= 4 is 21.8 Å². The van der Waals surface area contributed by atoms with Gasteiger partial charge in [0, 0.05) is 0 Å². The molecule has 4 aromatic carbocycles. The molecule has 3 nitrogen and oxygen atoms in total. The van der Waals surface area contributed by atoms with Crippen LogP contribution in [0.5, 0.6) is 11.5 Å². The predicted molar refractivity (Wildman–Crippen MR) is 129 cm³/mol. The molecule has 0 spiro atoms. The molecule has 0 atom stereocenters. The van der Waals surface area contributed by atoms with Crippen LogP contribution < -0.4 is 9.30 Å². The minimum Gasteiger partial charge on any atom is -0.465 e.